The number of ether oxygens (including phenoxy) is 3. The number of fused-ring (bicyclic) bond motifs is 1. The Morgan fingerprint density at radius 1 is 1.07 bits per heavy atom. The number of nitrogens with one attached hydrogen (secondary N) is 2. The molecule has 0 radical (unpaired) electrons. The van der Waals surface area contributed by atoms with Crippen molar-refractivity contribution in [2.24, 2.45) is 4.99 Å². The molecule has 1 aliphatic rings. The molecule has 6 nitrogen and oxygen atoms in total. The Bertz CT molecular complexity index is 785. The molecule has 0 bridgehead atoms. The first-order valence-electron chi connectivity index (χ1n) is 9.77. The van der Waals surface area contributed by atoms with Crippen molar-refractivity contribution in [3.8, 4) is 11.5 Å². The summed E-state index contributed by atoms with van der Waals surface area (Å²) >= 11 is 0. The minimum atomic E-state index is -0.0665. The summed E-state index contributed by atoms with van der Waals surface area (Å²) in [5.41, 5.74) is 2.40. The van der Waals surface area contributed by atoms with Crippen LogP contribution in [-0.4, -0.2) is 38.9 Å². The van der Waals surface area contributed by atoms with E-state index in [9.17, 15) is 0 Å². The number of hydrogen-bond acceptors (Lipinski definition) is 4. The summed E-state index contributed by atoms with van der Waals surface area (Å²) in [5.74, 6) is 2.30. The van der Waals surface area contributed by atoms with Gasteiger partial charge in [-0.15, -0.1) is 24.0 Å². The van der Waals surface area contributed by atoms with Crippen molar-refractivity contribution >= 4 is 29.9 Å². The first-order valence-corrected chi connectivity index (χ1v) is 9.77. The minimum absolute atomic E-state index is 0. The summed E-state index contributed by atoms with van der Waals surface area (Å²) in [5, 5.41) is 6.68. The van der Waals surface area contributed by atoms with Gasteiger partial charge in [0.15, 0.2) is 17.5 Å². The summed E-state index contributed by atoms with van der Waals surface area (Å²) in [7, 11) is 1.76. The molecule has 0 aromatic heterocycles. The van der Waals surface area contributed by atoms with Crippen LogP contribution in [0.4, 0.5) is 0 Å². The van der Waals surface area contributed by atoms with Crippen LogP contribution in [0.2, 0.25) is 0 Å². The number of aliphatic imine (C=N–C) groups is 1. The molecular formula is C22H30IN3O3. The van der Waals surface area contributed by atoms with E-state index in [2.05, 4.69) is 34.7 Å². The highest BCUT2D eigenvalue weighted by molar-refractivity contribution is 14.0. The molecule has 1 aliphatic heterocycles. The second-order valence-corrected chi connectivity index (χ2v) is 6.63. The Morgan fingerprint density at radius 3 is 2.55 bits per heavy atom. The Kier molecular flexibility index (Phi) is 10.1. The number of benzene rings is 2. The van der Waals surface area contributed by atoms with Crippen LogP contribution in [-0.2, 0) is 17.9 Å². The second kappa shape index (κ2) is 12.5. The number of nitrogens with zero attached hydrogens (tertiary/aromatic N) is 1. The zero-order chi connectivity index (χ0) is 19.6. The number of para-hydroxylation sites is 2. The van der Waals surface area contributed by atoms with Gasteiger partial charge in [-0.2, -0.15) is 0 Å². The van der Waals surface area contributed by atoms with E-state index in [1.807, 2.05) is 36.4 Å². The number of guanidine groups is 1. The van der Waals surface area contributed by atoms with Crippen LogP contribution in [0, 0.1) is 0 Å². The van der Waals surface area contributed by atoms with Crippen molar-refractivity contribution in [1.82, 2.24) is 10.6 Å². The van der Waals surface area contributed by atoms with Gasteiger partial charge in [0.05, 0.1) is 13.2 Å². The predicted octanol–water partition coefficient (Wildman–Crippen LogP) is 3.74. The molecule has 3 rings (SSSR count). The van der Waals surface area contributed by atoms with Crippen LogP contribution in [0.25, 0.3) is 0 Å². The average molecular weight is 511 g/mol. The molecule has 0 fully saturated rings. The summed E-state index contributed by atoms with van der Waals surface area (Å²) in [6.07, 6.45) is 0.956. The molecule has 0 aliphatic carbocycles. The lowest BCUT2D eigenvalue weighted by Gasteiger charge is -2.27. The van der Waals surface area contributed by atoms with Crippen LogP contribution in [0.15, 0.2) is 53.5 Å². The SMILES string of the molecule is CCCOCc1ccccc1CNC(=NC)NCC1COc2ccccc2O1.I. The van der Waals surface area contributed by atoms with Gasteiger partial charge >= 0.3 is 0 Å². The number of hydrogen-bond donors (Lipinski definition) is 2. The highest BCUT2D eigenvalue weighted by Crippen LogP contribution is 2.30. The largest absolute Gasteiger partial charge is 0.486 e. The Morgan fingerprint density at radius 2 is 1.79 bits per heavy atom. The molecule has 1 unspecified atom stereocenters. The van der Waals surface area contributed by atoms with Gasteiger partial charge in [-0.1, -0.05) is 43.3 Å². The van der Waals surface area contributed by atoms with E-state index < -0.39 is 0 Å². The van der Waals surface area contributed by atoms with E-state index >= 15 is 0 Å². The fourth-order valence-electron chi connectivity index (χ4n) is 2.97. The van der Waals surface area contributed by atoms with E-state index in [0.29, 0.717) is 26.3 Å². The zero-order valence-electron chi connectivity index (χ0n) is 17.0. The third-order valence-electron chi connectivity index (χ3n) is 4.46. The molecule has 2 N–H and O–H groups in total. The highest BCUT2D eigenvalue weighted by Gasteiger charge is 2.20. The van der Waals surface area contributed by atoms with Crippen molar-refractivity contribution in [3.05, 3.63) is 59.7 Å². The normalized spacial score (nSPS) is 15.4. The van der Waals surface area contributed by atoms with Crippen molar-refractivity contribution in [2.45, 2.75) is 32.6 Å². The topological polar surface area (TPSA) is 64.1 Å². The average Bonchev–Trinajstić information content (AvgIpc) is 2.75. The maximum atomic E-state index is 5.98. The van der Waals surface area contributed by atoms with E-state index in [1.165, 1.54) is 11.1 Å². The van der Waals surface area contributed by atoms with Gasteiger partial charge in [0.25, 0.3) is 0 Å². The minimum Gasteiger partial charge on any atom is -0.486 e. The molecule has 2 aromatic carbocycles. The fourth-order valence-corrected chi connectivity index (χ4v) is 2.97. The summed E-state index contributed by atoms with van der Waals surface area (Å²) in [4.78, 5) is 4.30. The van der Waals surface area contributed by atoms with Crippen molar-refractivity contribution < 1.29 is 14.2 Å². The lowest BCUT2D eigenvalue weighted by atomic mass is 10.1. The van der Waals surface area contributed by atoms with E-state index in [1.54, 1.807) is 7.05 Å². The molecule has 1 heterocycles. The lowest BCUT2D eigenvalue weighted by molar-refractivity contribution is 0.0936. The third kappa shape index (κ3) is 7.08. The molecular weight excluding hydrogens is 481 g/mol. The molecule has 158 valence electrons. The van der Waals surface area contributed by atoms with Crippen LogP contribution in [0.3, 0.4) is 0 Å². The molecule has 29 heavy (non-hydrogen) atoms. The summed E-state index contributed by atoms with van der Waals surface area (Å²) in [6, 6.07) is 16.0. The maximum absolute atomic E-state index is 5.98. The Labute approximate surface area is 190 Å². The van der Waals surface area contributed by atoms with Crippen LogP contribution < -0.4 is 20.1 Å². The smallest absolute Gasteiger partial charge is 0.191 e. The number of rotatable bonds is 8. The van der Waals surface area contributed by atoms with E-state index in [-0.39, 0.29) is 30.1 Å². The Hall–Kier alpha value is -2.00. The predicted molar refractivity (Wildman–Crippen MR) is 126 cm³/mol. The quantitative estimate of drug-likeness (QED) is 0.245. The standard InChI is InChI=1S/C22H29N3O3.HI/c1-3-12-26-15-18-9-5-4-8-17(18)13-24-22(23-2)25-14-19-16-27-20-10-6-7-11-21(20)28-19;/h4-11,19H,3,12-16H2,1-2H3,(H2,23,24,25);1H. The lowest BCUT2D eigenvalue weighted by Crippen LogP contribution is -2.45. The number of halogens is 1. The molecule has 0 saturated heterocycles. The Balaban J connectivity index is 0.00000300. The highest BCUT2D eigenvalue weighted by atomic mass is 127. The maximum Gasteiger partial charge on any atom is 0.191 e. The van der Waals surface area contributed by atoms with Gasteiger partial charge in [-0.25, -0.2) is 0 Å². The first kappa shape index (κ1) is 23.3. The molecule has 0 saturated carbocycles. The van der Waals surface area contributed by atoms with Gasteiger partial charge in [-0.05, 0) is 29.7 Å². The van der Waals surface area contributed by atoms with Gasteiger partial charge in [0.2, 0.25) is 0 Å². The zero-order valence-corrected chi connectivity index (χ0v) is 19.3. The van der Waals surface area contributed by atoms with Crippen LogP contribution >= 0.6 is 24.0 Å². The van der Waals surface area contributed by atoms with Crippen LogP contribution in [0.1, 0.15) is 24.5 Å². The molecule has 7 heteroatoms. The monoisotopic (exact) mass is 511 g/mol. The summed E-state index contributed by atoms with van der Waals surface area (Å²) < 4.78 is 17.4. The first-order chi connectivity index (χ1) is 13.8. The van der Waals surface area contributed by atoms with Crippen molar-refractivity contribution in [2.75, 3.05) is 26.8 Å². The van der Waals surface area contributed by atoms with Gasteiger partial charge < -0.3 is 24.8 Å². The molecule has 2 aromatic rings. The third-order valence-corrected chi connectivity index (χ3v) is 4.46. The van der Waals surface area contributed by atoms with Crippen molar-refractivity contribution in [1.29, 1.82) is 0 Å². The molecule has 0 spiro atoms. The van der Waals surface area contributed by atoms with E-state index in [0.717, 1.165) is 30.5 Å². The van der Waals surface area contributed by atoms with Crippen LogP contribution in [0.5, 0.6) is 11.5 Å². The van der Waals surface area contributed by atoms with Gasteiger partial charge in [-0.3, -0.25) is 4.99 Å². The van der Waals surface area contributed by atoms with E-state index in [4.69, 9.17) is 14.2 Å². The molecule has 1 atom stereocenters. The van der Waals surface area contributed by atoms with Gasteiger partial charge in [0, 0.05) is 20.2 Å². The van der Waals surface area contributed by atoms with Gasteiger partial charge in [0.1, 0.15) is 12.7 Å². The fraction of sp³-hybridized carbons (Fsp3) is 0.409. The summed E-state index contributed by atoms with van der Waals surface area (Å²) in [6.45, 7) is 5.31. The second-order valence-electron chi connectivity index (χ2n) is 6.63. The molecule has 0 amide bonds. The van der Waals surface area contributed by atoms with Crippen molar-refractivity contribution in [3.63, 3.8) is 0 Å².